The SMILES string of the molecule is CCCC(=O)N1[C@H]2[C@@H]1CN1C3=C(C(=O)C(N)=C(C)C3=O)[C@@H](COC(N)=O)C21OC. The zero-order valence-electron chi connectivity index (χ0n) is 16.6. The van der Waals surface area contributed by atoms with Gasteiger partial charge in [-0.05, 0) is 13.3 Å². The predicted molar refractivity (Wildman–Crippen MR) is 98.7 cm³/mol. The van der Waals surface area contributed by atoms with E-state index in [1.165, 1.54) is 14.0 Å². The summed E-state index contributed by atoms with van der Waals surface area (Å²) in [5.74, 6) is -1.64. The fourth-order valence-corrected chi connectivity index (χ4v) is 5.16. The van der Waals surface area contributed by atoms with Gasteiger partial charge in [0.15, 0.2) is 5.72 Å². The van der Waals surface area contributed by atoms with Gasteiger partial charge in [0.2, 0.25) is 17.5 Å². The molecule has 3 aliphatic heterocycles. The molecule has 0 saturated carbocycles. The maximum atomic E-state index is 13.0. The highest BCUT2D eigenvalue weighted by Crippen LogP contribution is 2.59. The molecule has 29 heavy (non-hydrogen) atoms. The Morgan fingerprint density at radius 2 is 1.97 bits per heavy atom. The van der Waals surface area contributed by atoms with Crippen molar-refractivity contribution in [2.24, 2.45) is 17.4 Å². The average molecular weight is 404 g/mol. The predicted octanol–water partition coefficient (Wildman–Crippen LogP) is -0.612. The molecule has 4 atom stereocenters. The number of carbonyl (C=O) groups excluding carboxylic acids is 4. The Morgan fingerprint density at radius 3 is 2.55 bits per heavy atom. The van der Waals surface area contributed by atoms with E-state index in [0.717, 1.165) is 0 Å². The number of piperazine rings is 1. The van der Waals surface area contributed by atoms with E-state index in [4.69, 9.17) is 20.9 Å². The summed E-state index contributed by atoms with van der Waals surface area (Å²) in [6, 6.07) is -0.494. The Kier molecular flexibility index (Phi) is 4.23. The van der Waals surface area contributed by atoms with Crippen LogP contribution in [0, 0.1) is 5.92 Å². The van der Waals surface area contributed by atoms with Gasteiger partial charge in [-0.25, -0.2) is 4.79 Å². The molecule has 0 radical (unpaired) electrons. The summed E-state index contributed by atoms with van der Waals surface area (Å²) in [5.41, 5.74) is 10.3. The molecule has 1 aliphatic carbocycles. The highest BCUT2D eigenvalue weighted by atomic mass is 16.6. The van der Waals surface area contributed by atoms with Gasteiger partial charge in [-0.2, -0.15) is 0 Å². The topological polar surface area (TPSA) is 145 Å². The second-order valence-electron chi connectivity index (χ2n) is 7.77. The van der Waals surface area contributed by atoms with Crippen LogP contribution in [0.3, 0.4) is 0 Å². The number of primary amides is 1. The zero-order chi connectivity index (χ0) is 21.2. The van der Waals surface area contributed by atoms with Gasteiger partial charge in [-0.1, -0.05) is 6.92 Å². The third-order valence-electron chi connectivity index (χ3n) is 6.44. The number of fused-ring (bicyclic) bond motifs is 4. The second-order valence-corrected chi connectivity index (χ2v) is 7.77. The second kappa shape index (κ2) is 6.31. The van der Waals surface area contributed by atoms with Gasteiger partial charge in [0.25, 0.3) is 0 Å². The molecular weight excluding hydrogens is 380 g/mol. The van der Waals surface area contributed by atoms with Crippen LogP contribution in [-0.4, -0.2) is 71.4 Å². The number of amides is 2. The lowest BCUT2D eigenvalue weighted by molar-refractivity contribution is -0.153. The molecular formula is C19H24N4O6. The number of ether oxygens (including phenoxy) is 2. The molecule has 4 aliphatic rings. The number of methoxy groups -OCH3 is 1. The van der Waals surface area contributed by atoms with Crippen molar-refractivity contribution < 1.29 is 28.7 Å². The van der Waals surface area contributed by atoms with Crippen LogP contribution in [0.25, 0.3) is 0 Å². The molecule has 10 nitrogen and oxygen atoms in total. The number of hydrogen-bond donors (Lipinski definition) is 2. The lowest BCUT2D eigenvalue weighted by Gasteiger charge is -2.41. The number of Topliss-reactive ketones (excluding diaryl/α,β-unsaturated/α-hetero) is 2. The van der Waals surface area contributed by atoms with Crippen LogP contribution in [0.4, 0.5) is 4.79 Å². The maximum Gasteiger partial charge on any atom is 0.404 e. The first-order valence-corrected chi connectivity index (χ1v) is 9.58. The van der Waals surface area contributed by atoms with Crippen LogP contribution in [-0.2, 0) is 23.9 Å². The average Bonchev–Trinajstić information content (AvgIpc) is 3.19. The molecule has 0 spiro atoms. The van der Waals surface area contributed by atoms with E-state index in [1.54, 1.807) is 9.80 Å². The molecule has 10 heteroatoms. The van der Waals surface area contributed by atoms with Gasteiger partial charge in [-0.15, -0.1) is 0 Å². The van der Waals surface area contributed by atoms with Crippen molar-refractivity contribution in [2.75, 3.05) is 20.3 Å². The molecule has 2 amide bonds. The number of nitrogens with zero attached hydrogens (tertiary/aromatic N) is 2. The van der Waals surface area contributed by atoms with E-state index in [9.17, 15) is 19.2 Å². The van der Waals surface area contributed by atoms with Crippen LogP contribution >= 0.6 is 0 Å². The summed E-state index contributed by atoms with van der Waals surface area (Å²) in [4.78, 5) is 53.4. The Labute approximate surface area is 167 Å². The summed E-state index contributed by atoms with van der Waals surface area (Å²) in [5, 5.41) is 0. The minimum atomic E-state index is -1.19. The number of hydrogen-bond acceptors (Lipinski definition) is 8. The van der Waals surface area contributed by atoms with Crippen molar-refractivity contribution in [1.82, 2.24) is 9.80 Å². The zero-order valence-corrected chi connectivity index (χ0v) is 16.6. The van der Waals surface area contributed by atoms with Crippen LogP contribution in [0.1, 0.15) is 26.7 Å². The molecule has 0 aromatic heterocycles. The maximum absolute atomic E-state index is 13.0. The normalized spacial score (nSPS) is 32.4. The number of carbonyl (C=O) groups is 4. The van der Waals surface area contributed by atoms with E-state index >= 15 is 0 Å². The van der Waals surface area contributed by atoms with E-state index < -0.39 is 23.5 Å². The number of allylic oxidation sites excluding steroid dienone is 2. The van der Waals surface area contributed by atoms with Crippen LogP contribution in [0.2, 0.25) is 0 Å². The van der Waals surface area contributed by atoms with Gasteiger partial charge < -0.3 is 30.7 Å². The molecule has 4 N–H and O–H groups in total. The highest BCUT2D eigenvalue weighted by Gasteiger charge is 2.77. The first-order chi connectivity index (χ1) is 13.7. The third-order valence-corrected chi connectivity index (χ3v) is 6.44. The molecule has 2 fully saturated rings. The molecule has 156 valence electrons. The smallest absolute Gasteiger partial charge is 0.404 e. The first-order valence-electron chi connectivity index (χ1n) is 9.58. The van der Waals surface area contributed by atoms with Gasteiger partial charge in [0.05, 0.1) is 23.4 Å². The summed E-state index contributed by atoms with van der Waals surface area (Å²) < 4.78 is 11.0. The molecule has 0 aromatic carbocycles. The lowest BCUT2D eigenvalue weighted by atomic mass is 9.82. The summed E-state index contributed by atoms with van der Waals surface area (Å²) in [6.45, 7) is 3.52. The Hall–Kier alpha value is -2.88. The first kappa shape index (κ1) is 19.4. The Bertz CT molecular complexity index is 908. The van der Waals surface area contributed by atoms with Crippen molar-refractivity contribution in [3.63, 3.8) is 0 Å². The molecule has 2 saturated heterocycles. The molecule has 0 aromatic rings. The minimum Gasteiger partial charge on any atom is -0.449 e. The van der Waals surface area contributed by atoms with E-state index in [2.05, 4.69) is 0 Å². The van der Waals surface area contributed by atoms with Crippen LogP contribution in [0.5, 0.6) is 0 Å². The molecule has 3 heterocycles. The van der Waals surface area contributed by atoms with Crippen molar-refractivity contribution in [3.05, 3.63) is 22.5 Å². The van der Waals surface area contributed by atoms with Gasteiger partial charge in [0.1, 0.15) is 12.6 Å². The van der Waals surface area contributed by atoms with Crippen molar-refractivity contribution >= 4 is 23.6 Å². The van der Waals surface area contributed by atoms with Crippen molar-refractivity contribution in [1.29, 1.82) is 0 Å². The number of nitrogens with two attached hydrogens (primary N) is 2. The third kappa shape index (κ3) is 2.32. The number of ketones is 2. The quantitative estimate of drug-likeness (QED) is 0.456. The molecule has 0 bridgehead atoms. The fraction of sp³-hybridized carbons (Fsp3) is 0.579. The van der Waals surface area contributed by atoms with Gasteiger partial charge in [0, 0.05) is 31.2 Å². The molecule has 1 unspecified atom stereocenters. The van der Waals surface area contributed by atoms with Crippen molar-refractivity contribution in [3.8, 4) is 0 Å². The van der Waals surface area contributed by atoms with Gasteiger partial charge in [-0.3, -0.25) is 14.4 Å². The minimum absolute atomic E-state index is 0.00973. The summed E-state index contributed by atoms with van der Waals surface area (Å²) in [7, 11) is 1.46. The largest absolute Gasteiger partial charge is 0.449 e. The van der Waals surface area contributed by atoms with E-state index in [0.29, 0.717) is 19.4 Å². The Morgan fingerprint density at radius 1 is 1.28 bits per heavy atom. The van der Waals surface area contributed by atoms with Gasteiger partial charge >= 0.3 is 6.09 Å². The van der Waals surface area contributed by atoms with Crippen molar-refractivity contribution in [2.45, 2.75) is 44.5 Å². The summed E-state index contributed by atoms with van der Waals surface area (Å²) in [6.07, 6.45) is 0.0988. The lowest BCUT2D eigenvalue weighted by Crippen LogP contribution is -2.56. The standard InChI is InChI=1S/C19H24N4O6/c1-4-5-11(24)23-10-6-22-14-12(16(26)13(20)8(2)15(14)25)9(7-29-18(21)27)19(22,28-3)17(10)23/h9-10,17H,4-7,20H2,1-3H3,(H2,21,27)/t9-,10+,17+,19?,23?/m1/s1. The van der Waals surface area contributed by atoms with Crippen LogP contribution in [0.15, 0.2) is 22.5 Å². The van der Waals surface area contributed by atoms with Crippen LogP contribution < -0.4 is 11.5 Å². The van der Waals surface area contributed by atoms with E-state index in [1.807, 2.05) is 6.92 Å². The fourth-order valence-electron chi connectivity index (χ4n) is 5.16. The Balaban J connectivity index is 1.79. The highest BCUT2D eigenvalue weighted by molar-refractivity contribution is 6.25. The summed E-state index contributed by atoms with van der Waals surface area (Å²) >= 11 is 0. The number of rotatable bonds is 5. The molecule has 4 rings (SSSR count). The van der Waals surface area contributed by atoms with E-state index in [-0.39, 0.29) is 52.9 Å². The monoisotopic (exact) mass is 404 g/mol.